The third-order valence-electron chi connectivity index (χ3n) is 2.69. The standard InChI is InChI=1S/C13H19NO2/c1-10-5-4-6-11(2)12(10)7-8-14-9-13(15)16-3/h4-6,14H,7-9H2,1-3H3. The Labute approximate surface area is 96.8 Å². The average molecular weight is 221 g/mol. The van der Waals surface area contributed by atoms with Crippen LogP contribution in [-0.2, 0) is 16.0 Å². The Morgan fingerprint density at radius 1 is 1.31 bits per heavy atom. The molecule has 16 heavy (non-hydrogen) atoms. The molecule has 1 aromatic rings. The molecule has 0 saturated carbocycles. The van der Waals surface area contributed by atoms with Crippen LogP contribution in [0, 0.1) is 13.8 Å². The van der Waals surface area contributed by atoms with Gasteiger partial charge in [0.1, 0.15) is 0 Å². The number of esters is 1. The first-order chi connectivity index (χ1) is 7.65. The third-order valence-corrected chi connectivity index (χ3v) is 2.69. The van der Waals surface area contributed by atoms with E-state index >= 15 is 0 Å². The van der Waals surface area contributed by atoms with Gasteiger partial charge in [0.25, 0.3) is 0 Å². The highest BCUT2D eigenvalue weighted by atomic mass is 16.5. The lowest BCUT2D eigenvalue weighted by molar-refractivity contribution is -0.139. The predicted octanol–water partition coefficient (Wildman–Crippen LogP) is 1.61. The highest BCUT2D eigenvalue weighted by molar-refractivity contribution is 5.71. The number of benzene rings is 1. The molecule has 1 aromatic carbocycles. The van der Waals surface area contributed by atoms with Gasteiger partial charge in [-0.2, -0.15) is 0 Å². The van der Waals surface area contributed by atoms with Crippen molar-refractivity contribution in [2.45, 2.75) is 20.3 Å². The van der Waals surface area contributed by atoms with Gasteiger partial charge in [0.2, 0.25) is 0 Å². The second-order valence-electron chi connectivity index (χ2n) is 3.87. The van der Waals surface area contributed by atoms with Gasteiger partial charge >= 0.3 is 5.97 Å². The van der Waals surface area contributed by atoms with Crippen molar-refractivity contribution in [2.75, 3.05) is 20.2 Å². The number of hydrogen-bond donors (Lipinski definition) is 1. The van der Waals surface area contributed by atoms with Crippen molar-refractivity contribution in [2.24, 2.45) is 0 Å². The van der Waals surface area contributed by atoms with Crippen LogP contribution in [0.15, 0.2) is 18.2 Å². The average Bonchev–Trinajstić information content (AvgIpc) is 2.27. The fourth-order valence-electron chi connectivity index (χ4n) is 1.72. The van der Waals surface area contributed by atoms with E-state index < -0.39 is 0 Å². The molecule has 0 heterocycles. The molecule has 0 spiro atoms. The normalized spacial score (nSPS) is 10.2. The summed E-state index contributed by atoms with van der Waals surface area (Å²) in [7, 11) is 1.40. The summed E-state index contributed by atoms with van der Waals surface area (Å²) in [6, 6.07) is 6.29. The largest absolute Gasteiger partial charge is 0.468 e. The van der Waals surface area contributed by atoms with Crippen molar-refractivity contribution in [1.29, 1.82) is 0 Å². The van der Waals surface area contributed by atoms with E-state index in [1.165, 1.54) is 23.8 Å². The minimum Gasteiger partial charge on any atom is -0.468 e. The molecule has 0 unspecified atom stereocenters. The van der Waals surface area contributed by atoms with Crippen molar-refractivity contribution < 1.29 is 9.53 Å². The van der Waals surface area contributed by atoms with E-state index in [9.17, 15) is 4.79 Å². The number of ether oxygens (including phenoxy) is 1. The molecule has 0 radical (unpaired) electrons. The first kappa shape index (κ1) is 12.7. The summed E-state index contributed by atoms with van der Waals surface area (Å²) in [6.07, 6.45) is 0.940. The van der Waals surface area contributed by atoms with Crippen molar-refractivity contribution in [3.05, 3.63) is 34.9 Å². The Balaban J connectivity index is 2.40. The van der Waals surface area contributed by atoms with E-state index in [-0.39, 0.29) is 12.5 Å². The monoisotopic (exact) mass is 221 g/mol. The van der Waals surface area contributed by atoms with Crippen LogP contribution in [0.2, 0.25) is 0 Å². The van der Waals surface area contributed by atoms with Crippen LogP contribution in [0.4, 0.5) is 0 Å². The zero-order valence-electron chi connectivity index (χ0n) is 10.2. The zero-order chi connectivity index (χ0) is 12.0. The Hall–Kier alpha value is -1.35. The summed E-state index contributed by atoms with van der Waals surface area (Å²) in [5.74, 6) is -0.221. The van der Waals surface area contributed by atoms with E-state index in [2.05, 4.69) is 42.1 Å². The smallest absolute Gasteiger partial charge is 0.319 e. The number of nitrogens with one attached hydrogen (secondary N) is 1. The molecule has 0 aliphatic heterocycles. The van der Waals surface area contributed by atoms with Crippen LogP contribution < -0.4 is 5.32 Å². The van der Waals surface area contributed by atoms with Gasteiger partial charge in [-0.05, 0) is 43.5 Å². The second-order valence-corrected chi connectivity index (χ2v) is 3.87. The SMILES string of the molecule is COC(=O)CNCCc1c(C)cccc1C. The maximum atomic E-state index is 10.9. The first-order valence-electron chi connectivity index (χ1n) is 5.47. The molecular weight excluding hydrogens is 202 g/mol. The maximum absolute atomic E-state index is 10.9. The van der Waals surface area contributed by atoms with Gasteiger partial charge in [-0.1, -0.05) is 18.2 Å². The van der Waals surface area contributed by atoms with E-state index in [0.29, 0.717) is 0 Å². The fraction of sp³-hybridized carbons (Fsp3) is 0.462. The molecule has 0 amide bonds. The molecule has 3 nitrogen and oxygen atoms in total. The molecule has 1 N–H and O–H groups in total. The first-order valence-corrected chi connectivity index (χ1v) is 5.47. The number of carbonyl (C=O) groups is 1. The van der Waals surface area contributed by atoms with Gasteiger partial charge in [-0.25, -0.2) is 0 Å². The lowest BCUT2D eigenvalue weighted by Crippen LogP contribution is -2.26. The Kier molecular flexibility index (Phi) is 4.99. The topological polar surface area (TPSA) is 38.3 Å². The van der Waals surface area contributed by atoms with Crippen LogP contribution in [0.5, 0.6) is 0 Å². The van der Waals surface area contributed by atoms with Crippen LogP contribution in [-0.4, -0.2) is 26.2 Å². The Morgan fingerprint density at radius 3 is 2.50 bits per heavy atom. The maximum Gasteiger partial charge on any atom is 0.319 e. The van der Waals surface area contributed by atoms with E-state index in [1.54, 1.807) is 0 Å². The predicted molar refractivity (Wildman–Crippen MR) is 64.5 cm³/mol. The molecule has 0 aliphatic rings. The number of aryl methyl sites for hydroxylation is 2. The summed E-state index contributed by atoms with van der Waals surface area (Å²) < 4.78 is 4.55. The van der Waals surface area contributed by atoms with Gasteiger partial charge in [0, 0.05) is 0 Å². The zero-order valence-corrected chi connectivity index (χ0v) is 10.2. The summed E-state index contributed by atoms with van der Waals surface area (Å²) >= 11 is 0. The summed E-state index contributed by atoms with van der Waals surface area (Å²) in [5.41, 5.74) is 3.97. The highest BCUT2D eigenvalue weighted by Crippen LogP contribution is 2.13. The van der Waals surface area contributed by atoms with Crippen molar-refractivity contribution in [3.8, 4) is 0 Å². The summed E-state index contributed by atoms with van der Waals surface area (Å²) in [5, 5.41) is 3.06. The summed E-state index contributed by atoms with van der Waals surface area (Å²) in [6.45, 7) is 5.30. The lowest BCUT2D eigenvalue weighted by Gasteiger charge is -2.09. The molecule has 0 aromatic heterocycles. The van der Waals surface area contributed by atoms with Crippen molar-refractivity contribution in [1.82, 2.24) is 5.32 Å². The molecule has 1 rings (SSSR count). The summed E-state index contributed by atoms with van der Waals surface area (Å²) in [4.78, 5) is 10.9. The van der Waals surface area contributed by atoms with Gasteiger partial charge in [0.15, 0.2) is 0 Å². The molecule has 0 bridgehead atoms. The highest BCUT2D eigenvalue weighted by Gasteiger charge is 2.02. The minimum absolute atomic E-state index is 0.221. The number of carbonyl (C=O) groups excluding carboxylic acids is 1. The van der Waals surface area contributed by atoms with Gasteiger partial charge in [-0.3, -0.25) is 4.79 Å². The second kappa shape index (κ2) is 6.28. The van der Waals surface area contributed by atoms with Gasteiger partial charge in [0.05, 0.1) is 13.7 Å². The van der Waals surface area contributed by atoms with E-state index in [0.717, 1.165) is 13.0 Å². The molecule has 88 valence electrons. The number of methoxy groups -OCH3 is 1. The molecular formula is C13H19NO2. The van der Waals surface area contributed by atoms with Crippen LogP contribution >= 0.6 is 0 Å². The third kappa shape index (κ3) is 3.66. The number of hydrogen-bond acceptors (Lipinski definition) is 3. The van der Waals surface area contributed by atoms with Crippen LogP contribution in [0.25, 0.3) is 0 Å². The van der Waals surface area contributed by atoms with Gasteiger partial charge < -0.3 is 10.1 Å². The van der Waals surface area contributed by atoms with Gasteiger partial charge in [-0.15, -0.1) is 0 Å². The number of rotatable bonds is 5. The molecule has 0 saturated heterocycles. The van der Waals surface area contributed by atoms with E-state index in [4.69, 9.17) is 0 Å². The molecule has 0 aliphatic carbocycles. The molecule has 3 heteroatoms. The van der Waals surface area contributed by atoms with E-state index in [1.807, 2.05) is 0 Å². The quantitative estimate of drug-likeness (QED) is 0.606. The minimum atomic E-state index is -0.221. The van der Waals surface area contributed by atoms with Crippen LogP contribution in [0.3, 0.4) is 0 Å². The van der Waals surface area contributed by atoms with Crippen molar-refractivity contribution in [3.63, 3.8) is 0 Å². The molecule has 0 atom stereocenters. The van der Waals surface area contributed by atoms with Crippen molar-refractivity contribution >= 4 is 5.97 Å². The fourth-order valence-corrected chi connectivity index (χ4v) is 1.72. The van der Waals surface area contributed by atoms with Crippen LogP contribution in [0.1, 0.15) is 16.7 Å². The molecule has 0 fully saturated rings. The Morgan fingerprint density at radius 2 is 1.94 bits per heavy atom. The lowest BCUT2D eigenvalue weighted by atomic mass is 10.0. The Bertz CT molecular complexity index is 341.